The number of ether oxygens (including phenoxy) is 2. The van der Waals surface area contributed by atoms with Gasteiger partial charge in [0.15, 0.2) is 16.6 Å². The molecule has 4 aliphatic carbocycles. The normalized spacial score (nSPS) is 18.7. The van der Waals surface area contributed by atoms with Gasteiger partial charge >= 0.3 is 33.5 Å². The standard InChI is InChI=1S/C27H44N2O5Si.C24H33ClN4O3.C22H37BrN2O3Si.C16H23BrN2O3.C7H15F3O3SSi.C5H8O2.4CH4/c1-19(2)18-28(22-11-13-23(14-12-22)34-35(8,9)27(4,5)6)24-15-10-21(17-25(24)29(31)32)20(3)16-26(30)33-7;1-15(2)14-29(18-5-7-19(30)8-6-18)21-9-4-17(16(3)10-24(31)32)11-20(21)28-23-13-26-22(25)12-27-23;1-16(2)15-24(20-13-8-17(23)14-21(20)25(26)27)18-9-11-19(12-10-18)28-29(6,7)22(3,4)5;1-11(2)10-18(13-4-6-14(20)7-5-13)15-8-3-12(17)9-16(15)19(21)22;1-6(2,3)15(4,5)13-14(11,12)7(8,9)10;1-3-4-5(6)7-2;;;;/h10,15-17,19,22-23H,11-14,18H2,1-9H3;4,9,11-13,15-16,18-19,30H,5-8,10,14H2,1-3H3,(H,27,28)(H,31,32);8,13-14,16,18-19H,9-12,15H2,1-7H3;3,8-9,11,13-14,20H,4-7,10H2,1-2H3;1-5H3;3-4H,1-2H3;4*1H4/b20-16+;;;;;4-3+;;;;/t;16-,18?,19?;;;;;;;;/m.1......../s1. The molecular formula is C105H176Br2ClF3N10O19SSi3. The predicted octanol–water partition coefficient (Wildman–Crippen LogP) is 29.6. The summed E-state index contributed by atoms with van der Waals surface area (Å²) in [5, 5.41) is 67.7. The Morgan fingerprint density at radius 2 is 0.854 bits per heavy atom. The van der Waals surface area contributed by atoms with E-state index in [1.54, 1.807) is 65.1 Å². The minimum atomic E-state index is -5.48. The second-order valence-corrected chi connectivity index (χ2v) is 61.5. The molecular weight excluding hydrogens is 2070 g/mol. The number of allylic oxidation sites excluding steroid dienone is 2. The summed E-state index contributed by atoms with van der Waals surface area (Å²) in [4.78, 5) is 84.8. The summed E-state index contributed by atoms with van der Waals surface area (Å²) in [6, 6.07) is 23.2. The van der Waals surface area contributed by atoms with Gasteiger partial charge in [0.2, 0.25) is 8.32 Å². The zero-order chi connectivity index (χ0) is 106. The van der Waals surface area contributed by atoms with E-state index in [9.17, 15) is 81.6 Å². The highest BCUT2D eigenvalue weighted by Gasteiger charge is 2.53. The molecule has 1 atom stereocenters. The Morgan fingerprint density at radius 1 is 0.521 bits per heavy atom. The van der Waals surface area contributed by atoms with Crippen LogP contribution >= 0.6 is 43.5 Å². The molecule has 4 aliphatic rings. The highest BCUT2D eigenvalue weighted by Crippen LogP contribution is 2.47. The van der Waals surface area contributed by atoms with E-state index >= 15 is 0 Å². The van der Waals surface area contributed by atoms with Crippen molar-refractivity contribution in [3.63, 3.8) is 0 Å². The van der Waals surface area contributed by atoms with Crippen molar-refractivity contribution in [1.82, 2.24) is 9.97 Å². The number of carbonyl (C=O) groups is 3. The maximum atomic E-state index is 12.1. The fourth-order valence-electron chi connectivity index (χ4n) is 16.2. The SMILES string of the molecule is C.C.C.C.C/C=C/C(=O)OC.CC(C)(C)[Si](C)(C)OS(=O)(=O)C(F)(F)F.CC(C)CN(c1ccc(Br)cc1[N+](=O)[O-])C1CCC(O)CC1.CC(C)CN(c1ccc(Br)cc1[N+](=O)[O-])C1CCC(O[Si](C)(C)C(C)(C)C)CC1.CC(C)CN(c1ccc([C@H](C)CC(=O)O)cc1Nc1cnc(Cl)cn1)C1CCC(O)CC1.COC(=O)/C=C(\C)c1ccc(N(CC(C)C)C2CCC(O[Si](C)(C)C(C)(C)C)CC2)c([N+](=O)[O-])c1. The zero-order valence-electron chi connectivity index (χ0n) is 87.7. The first-order valence-electron chi connectivity index (χ1n) is 48.6. The third-order valence-corrected chi connectivity index (χ3v) is 43.7. The Hall–Kier alpha value is -7.51. The number of rotatable bonds is 33. The van der Waals surface area contributed by atoms with Crippen LogP contribution in [0, 0.1) is 54.0 Å². The number of methoxy groups -OCH3 is 2. The number of carbonyl (C=O) groups excluding carboxylic acids is 2. The van der Waals surface area contributed by atoms with E-state index in [0.717, 1.165) is 156 Å². The van der Waals surface area contributed by atoms with Gasteiger partial charge in [0.25, 0.3) is 17.1 Å². The van der Waals surface area contributed by atoms with Crippen LogP contribution in [0.25, 0.3) is 5.57 Å². The molecule has 0 unspecified atom stereocenters. The molecule has 0 aliphatic heterocycles. The predicted molar refractivity (Wildman–Crippen MR) is 599 cm³/mol. The summed E-state index contributed by atoms with van der Waals surface area (Å²) in [7, 11) is -9.37. The van der Waals surface area contributed by atoms with E-state index < -0.39 is 57.6 Å². The van der Waals surface area contributed by atoms with Crippen LogP contribution in [0.2, 0.25) is 59.5 Å². The highest BCUT2D eigenvalue weighted by atomic mass is 79.9. The number of aliphatic hydroxyl groups excluding tert-OH is 2. The number of carboxylic acids is 1. The average Bonchev–Trinajstić information content (AvgIpc) is 0.754. The lowest BCUT2D eigenvalue weighted by molar-refractivity contribution is -0.384. The van der Waals surface area contributed by atoms with Crippen molar-refractivity contribution in [3.05, 3.63) is 159 Å². The van der Waals surface area contributed by atoms with Crippen molar-refractivity contribution in [3.8, 4) is 0 Å². The van der Waals surface area contributed by atoms with E-state index in [0.29, 0.717) is 79.8 Å². The van der Waals surface area contributed by atoms with Gasteiger partial charge < -0.3 is 62.4 Å². The van der Waals surface area contributed by atoms with Crippen molar-refractivity contribution in [2.75, 3.05) is 65.3 Å². The molecule has 1 heterocycles. The molecule has 9 rings (SSSR count). The van der Waals surface area contributed by atoms with E-state index in [-0.39, 0.29) is 120 Å². The number of anilines is 6. The van der Waals surface area contributed by atoms with Gasteiger partial charge in [-0.2, -0.15) is 21.6 Å². The first-order valence-corrected chi connectivity index (χ1v) is 60.7. The molecule has 4 fully saturated rings. The average molecular weight is 2250 g/mol. The van der Waals surface area contributed by atoms with Crippen LogP contribution in [-0.4, -0.2) is 186 Å². The van der Waals surface area contributed by atoms with Gasteiger partial charge in [-0.3, -0.25) is 35.1 Å². The third kappa shape index (κ3) is 44.0. The van der Waals surface area contributed by atoms with E-state index in [1.165, 1.54) is 45.7 Å². The Kier molecular flexibility index (Phi) is 57.8. The Bertz CT molecular complexity index is 4980. The van der Waals surface area contributed by atoms with E-state index in [1.807, 2.05) is 55.5 Å². The number of aromatic nitrogens is 2. The molecule has 820 valence electrons. The largest absolute Gasteiger partial charge is 0.522 e. The molecule has 29 nitrogen and oxygen atoms in total. The Labute approximate surface area is 885 Å². The molecule has 0 bridgehead atoms. The number of nitrogens with zero attached hydrogens (tertiary/aromatic N) is 9. The number of hydrogen-bond acceptors (Lipinski definition) is 25. The maximum Gasteiger partial charge on any atom is 0.522 e. The van der Waals surface area contributed by atoms with Crippen molar-refractivity contribution < 1.29 is 88.3 Å². The summed E-state index contributed by atoms with van der Waals surface area (Å²) >= 11 is 12.6. The lowest BCUT2D eigenvalue weighted by atomic mass is 9.90. The molecule has 4 aromatic carbocycles. The topological polar surface area (TPSA) is 372 Å². The molecule has 0 amide bonds. The number of aliphatic hydroxyl groups is 2. The van der Waals surface area contributed by atoms with Crippen molar-refractivity contribution in [2.45, 2.75) is 392 Å². The van der Waals surface area contributed by atoms with Gasteiger partial charge in [0.05, 0.1) is 71.4 Å². The minimum absolute atomic E-state index is 0. The smallest absolute Gasteiger partial charge is 0.481 e. The molecule has 39 heteroatoms. The molecule has 0 spiro atoms. The van der Waals surface area contributed by atoms with Gasteiger partial charge in [-0.1, -0.05) is 216 Å². The molecule has 5 aromatic rings. The first-order chi connectivity index (χ1) is 64.6. The molecule has 0 saturated heterocycles. The van der Waals surface area contributed by atoms with Gasteiger partial charge in [-0.25, -0.2) is 19.6 Å². The van der Waals surface area contributed by atoms with Crippen LogP contribution < -0.4 is 24.9 Å². The first kappa shape index (κ1) is 136. The third-order valence-electron chi connectivity index (χ3n) is 26.7. The quantitative estimate of drug-likeness (QED) is 0.00757. The highest BCUT2D eigenvalue weighted by molar-refractivity contribution is 9.10. The minimum Gasteiger partial charge on any atom is -0.481 e. The Balaban J connectivity index is 0.00000177. The number of hydrogen-bond donors (Lipinski definition) is 4. The molecule has 0 radical (unpaired) electrons. The van der Waals surface area contributed by atoms with Crippen molar-refractivity contribution in [2.24, 2.45) is 23.7 Å². The lowest BCUT2D eigenvalue weighted by Crippen LogP contribution is -2.47. The monoisotopic (exact) mass is 2250 g/mol. The summed E-state index contributed by atoms with van der Waals surface area (Å²) in [5.41, 5.74) is 1.24. The number of aliphatic carboxylic acids is 1. The van der Waals surface area contributed by atoms with Crippen LogP contribution in [0.15, 0.2) is 112 Å². The van der Waals surface area contributed by atoms with Gasteiger partial charge in [0.1, 0.15) is 28.0 Å². The number of halogens is 6. The summed E-state index contributed by atoms with van der Waals surface area (Å²) < 4.78 is 85.9. The van der Waals surface area contributed by atoms with Crippen molar-refractivity contribution in [1.29, 1.82) is 0 Å². The second-order valence-electron chi connectivity index (χ2n) is 43.2. The maximum absolute atomic E-state index is 12.1. The number of benzene rings is 4. The van der Waals surface area contributed by atoms with Gasteiger partial charge in [0, 0.05) is 102 Å². The lowest BCUT2D eigenvalue weighted by Gasteiger charge is -2.43. The van der Waals surface area contributed by atoms with Gasteiger partial charge in [-0.15, -0.1) is 0 Å². The summed E-state index contributed by atoms with van der Waals surface area (Å²) in [5.74, 6) is 0.502. The number of nitrogens with one attached hydrogen (secondary N) is 1. The van der Waals surface area contributed by atoms with Crippen LogP contribution in [0.5, 0.6) is 0 Å². The van der Waals surface area contributed by atoms with Crippen molar-refractivity contribution >= 4 is 153 Å². The molecule has 1 aromatic heterocycles. The number of carboxylic acid groups (broad SMARTS) is 1. The molecule has 4 N–H and O–H groups in total. The molecule has 4 saturated carbocycles. The number of esters is 2. The van der Waals surface area contributed by atoms with Crippen LogP contribution in [-0.2, 0) is 46.7 Å². The van der Waals surface area contributed by atoms with E-state index in [4.69, 9.17) is 25.2 Å². The summed E-state index contributed by atoms with van der Waals surface area (Å²) in [6.07, 6.45) is 22.3. The Morgan fingerprint density at radius 3 is 1.15 bits per heavy atom. The fourth-order valence-corrected chi connectivity index (χ4v) is 23.4. The summed E-state index contributed by atoms with van der Waals surface area (Å²) in [6.45, 7) is 56.6. The fraction of sp³-hybridized carbons (Fsp3) is 0.667. The van der Waals surface area contributed by atoms with E-state index in [2.05, 4.69) is 205 Å². The number of nitro groups is 3. The zero-order valence-corrected chi connectivity index (χ0v) is 95.5. The van der Waals surface area contributed by atoms with Gasteiger partial charge in [-0.05, 0) is 260 Å². The van der Waals surface area contributed by atoms with Crippen LogP contribution in [0.3, 0.4) is 0 Å². The number of nitro benzene ring substituents is 3. The van der Waals surface area contributed by atoms with Crippen LogP contribution in [0.4, 0.5) is 64.5 Å². The van der Waals surface area contributed by atoms with Crippen LogP contribution in [0.1, 0.15) is 294 Å². The molecule has 144 heavy (non-hydrogen) atoms. The second kappa shape index (κ2) is 61.0. The number of alkyl halides is 3.